The van der Waals surface area contributed by atoms with Gasteiger partial charge in [0.15, 0.2) is 11.5 Å². The summed E-state index contributed by atoms with van der Waals surface area (Å²) >= 11 is 0. The van der Waals surface area contributed by atoms with Crippen molar-refractivity contribution in [1.29, 1.82) is 0 Å². The highest BCUT2D eigenvalue weighted by Gasteiger charge is 2.16. The maximum absolute atomic E-state index is 5.68. The molecule has 1 aromatic rings. The van der Waals surface area contributed by atoms with Crippen molar-refractivity contribution >= 4 is 0 Å². The predicted octanol–water partition coefficient (Wildman–Crippen LogP) is 1.83. The van der Waals surface area contributed by atoms with Gasteiger partial charge in [-0.1, -0.05) is 6.92 Å². The quantitative estimate of drug-likeness (QED) is 0.804. The molecule has 2 N–H and O–H groups in total. The molecular weight excluding hydrogens is 190 g/mol. The third-order valence-corrected chi connectivity index (χ3v) is 2.82. The summed E-state index contributed by atoms with van der Waals surface area (Å²) in [7, 11) is 0. The monoisotopic (exact) mass is 207 g/mol. The standard InChI is InChI=1S/C12H17NO2/c1-8-5-11-12(15-4-3-14-11)6-10(8)9(2)7-13/h5-6,9H,3-4,7,13H2,1-2H3. The summed E-state index contributed by atoms with van der Waals surface area (Å²) in [6.07, 6.45) is 0. The smallest absolute Gasteiger partial charge is 0.161 e. The van der Waals surface area contributed by atoms with Crippen LogP contribution >= 0.6 is 0 Å². The minimum absolute atomic E-state index is 0.362. The van der Waals surface area contributed by atoms with E-state index in [4.69, 9.17) is 15.2 Å². The molecule has 0 saturated heterocycles. The Labute approximate surface area is 90.2 Å². The molecule has 3 heteroatoms. The van der Waals surface area contributed by atoms with Gasteiger partial charge in [-0.2, -0.15) is 0 Å². The minimum atomic E-state index is 0.362. The molecule has 15 heavy (non-hydrogen) atoms. The van der Waals surface area contributed by atoms with Gasteiger partial charge in [-0.15, -0.1) is 0 Å². The van der Waals surface area contributed by atoms with Crippen molar-refractivity contribution in [3.8, 4) is 11.5 Å². The van der Waals surface area contributed by atoms with E-state index in [9.17, 15) is 0 Å². The number of aryl methyl sites for hydroxylation is 1. The number of fused-ring (bicyclic) bond motifs is 1. The Kier molecular flexibility index (Phi) is 2.82. The van der Waals surface area contributed by atoms with E-state index in [2.05, 4.69) is 19.9 Å². The predicted molar refractivity (Wildman–Crippen MR) is 59.6 cm³/mol. The van der Waals surface area contributed by atoms with Crippen LogP contribution in [0, 0.1) is 6.92 Å². The normalized spacial score (nSPS) is 16.2. The van der Waals surface area contributed by atoms with Gasteiger partial charge in [0.05, 0.1) is 0 Å². The first-order chi connectivity index (χ1) is 7.22. The van der Waals surface area contributed by atoms with Crippen LogP contribution < -0.4 is 15.2 Å². The first kappa shape index (κ1) is 10.3. The van der Waals surface area contributed by atoms with E-state index >= 15 is 0 Å². The SMILES string of the molecule is Cc1cc2c(cc1C(C)CN)OCCO2. The first-order valence-electron chi connectivity index (χ1n) is 5.32. The molecule has 0 fully saturated rings. The van der Waals surface area contributed by atoms with Crippen molar-refractivity contribution in [1.82, 2.24) is 0 Å². The van der Waals surface area contributed by atoms with Gasteiger partial charge < -0.3 is 15.2 Å². The second-order valence-corrected chi connectivity index (χ2v) is 3.99. The zero-order valence-electron chi connectivity index (χ0n) is 9.25. The Morgan fingerprint density at radius 2 is 1.87 bits per heavy atom. The number of benzene rings is 1. The van der Waals surface area contributed by atoms with Gasteiger partial charge in [-0.05, 0) is 42.6 Å². The highest BCUT2D eigenvalue weighted by atomic mass is 16.6. The molecule has 1 unspecified atom stereocenters. The third kappa shape index (κ3) is 1.92. The van der Waals surface area contributed by atoms with Crippen LogP contribution in [0.1, 0.15) is 24.0 Å². The lowest BCUT2D eigenvalue weighted by molar-refractivity contribution is 0.171. The van der Waals surface area contributed by atoms with Gasteiger partial charge >= 0.3 is 0 Å². The summed E-state index contributed by atoms with van der Waals surface area (Å²) in [5.41, 5.74) is 8.15. The van der Waals surface area contributed by atoms with E-state index < -0.39 is 0 Å². The number of rotatable bonds is 2. The number of hydrogen-bond donors (Lipinski definition) is 1. The highest BCUT2D eigenvalue weighted by Crippen LogP contribution is 2.35. The van der Waals surface area contributed by atoms with Crippen molar-refractivity contribution < 1.29 is 9.47 Å². The lowest BCUT2D eigenvalue weighted by Crippen LogP contribution is -2.17. The fourth-order valence-electron chi connectivity index (χ4n) is 1.86. The maximum Gasteiger partial charge on any atom is 0.161 e. The van der Waals surface area contributed by atoms with E-state index in [-0.39, 0.29) is 0 Å². The second kappa shape index (κ2) is 4.11. The van der Waals surface area contributed by atoms with Crippen molar-refractivity contribution in [2.45, 2.75) is 19.8 Å². The Morgan fingerprint density at radius 1 is 1.27 bits per heavy atom. The fourth-order valence-corrected chi connectivity index (χ4v) is 1.86. The van der Waals surface area contributed by atoms with Crippen molar-refractivity contribution in [3.63, 3.8) is 0 Å². The van der Waals surface area contributed by atoms with Gasteiger partial charge in [0, 0.05) is 0 Å². The van der Waals surface area contributed by atoms with Crippen molar-refractivity contribution in [2.24, 2.45) is 5.73 Å². The Morgan fingerprint density at radius 3 is 2.47 bits per heavy atom. The van der Waals surface area contributed by atoms with Gasteiger partial charge in [0.2, 0.25) is 0 Å². The molecule has 1 atom stereocenters. The second-order valence-electron chi connectivity index (χ2n) is 3.99. The highest BCUT2D eigenvalue weighted by molar-refractivity contribution is 5.48. The molecule has 0 amide bonds. The molecule has 3 nitrogen and oxygen atoms in total. The maximum atomic E-state index is 5.68. The van der Waals surface area contributed by atoms with Crippen molar-refractivity contribution in [3.05, 3.63) is 23.3 Å². The van der Waals surface area contributed by atoms with E-state index in [1.165, 1.54) is 11.1 Å². The Hall–Kier alpha value is -1.22. The summed E-state index contributed by atoms with van der Waals surface area (Å²) in [5.74, 6) is 2.06. The Balaban J connectivity index is 2.40. The van der Waals surface area contributed by atoms with Gasteiger partial charge in [-0.3, -0.25) is 0 Å². The van der Waals surface area contributed by atoms with Crippen LogP contribution in [0.2, 0.25) is 0 Å². The summed E-state index contributed by atoms with van der Waals surface area (Å²) in [4.78, 5) is 0. The van der Waals surface area contributed by atoms with Crippen molar-refractivity contribution in [2.75, 3.05) is 19.8 Å². The molecule has 2 rings (SSSR count). The molecule has 1 aromatic carbocycles. The lowest BCUT2D eigenvalue weighted by Gasteiger charge is -2.22. The molecule has 0 aromatic heterocycles. The van der Waals surface area contributed by atoms with E-state index in [1.807, 2.05) is 6.07 Å². The van der Waals surface area contributed by atoms with Crippen LogP contribution in [0.25, 0.3) is 0 Å². The molecular formula is C12H17NO2. The molecule has 1 aliphatic heterocycles. The molecule has 0 spiro atoms. The number of hydrogen-bond acceptors (Lipinski definition) is 3. The summed E-state index contributed by atoms with van der Waals surface area (Å²) in [5, 5.41) is 0. The Bertz CT molecular complexity index is 363. The van der Waals surface area contributed by atoms with Crippen LogP contribution in [-0.2, 0) is 0 Å². The lowest BCUT2D eigenvalue weighted by atomic mass is 9.96. The zero-order chi connectivity index (χ0) is 10.8. The molecule has 0 saturated carbocycles. The molecule has 82 valence electrons. The summed E-state index contributed by atoms with van der Waals surface area (Å²) in [6, 6.07) is 4.09. The molecule has 1 aliphatic rings. The average molecular weight is 207 g/mol. The van der Waals surface area contributed by atoms with E-state index in [0.717, 1.165) is 11.5 Å². The van der Waals surface area contributed by atoms with E-state index in [1.54, 1.807) is 0 Å². The topological polar surface area (TPSA) is 44.5 Å². The number of nitrogens with two attached hydrogens (primary N) is 1. The van der Waals surface area contributed by atoms with E-state index in [0.29, 0.717) is 25.7 Å². The number of ether oxygens (including phenoxy) is 2. The zero-order valence-corrected chi connectivity index (χ0v) is 9.25. The molecule has 0 aliphatic carbocycles. The molecule has 0 bridgehead atoms. The van der Waals surface area contributed by atoms with Crippen LogP contribution in [-0.4, -0.2) is 19.8 Å². The van der Waals surface area contributed by atoms with Crippen LogP contribution in [0.15, 0.2) is 12.1 Å². The fraction of sp³-hybridized carbons (Fsp3) is 0.500. The van der Waals surface area contributed by atoms with Gasteiger partial charge in [-0.25, -0.2) is 0 Å². The van der Waals surface area contributed by atoms with Crippen LogP contribution in [0.5, 0.6) is 11.5 Å². The van der Waals surface area contributed by atoms with Gasteiger partial charge in [0.25, 0.3) is 0 Å². The third-order valence-electron chi connectivity index (χ3n) is 2.82. The van der Waals surface area contributed by atoms with Crippen LogP contribution in [0.3, 0.4) is 0 Å². The largest absolute Gasteiger partial charge is 0.486 e. The average Bonchev–Trinajstić information content (AvgIpc) is 2.27. The first-order valence-corrected chi connectivity index (χ1v) is 5.32. The van der Waals surface area contributed by atoms with Gasteiger partial charge in [0.1, 0.15) is 13.2 Å². The molecule has 0 radical (unpaired) electrons. The minimum Gasteiger partial charge on any atom is -0.486 e. The summed E-state index contributed by atoms with van der Waals surface area (Å²) < 4.78 is 11.1. The van der Waals surface area contributed by atoms with Crippen LogP contribution in [0.4, 0.5) is 0 Å². The molecule has 1 heterocycles. The summed E-state index contributed by atoms with van der Waals surface area (Å²) in [6.45, 7) is 6.13.